The van der Waals surface area contributed by atoms with Gasteiger partial charge in [0.15, 0.2) is 0 Å². The van der Waals surface area contributed by atoms with Crippen molar-refractivity contribution in [2.75, 3.05) is 17.4 Å². The lowest BCUT2D eigenvalue weighted by Crippen LogP contribution is -2.53. The van der Waals surface area contributed by atoms with E-state index in [9.17, 15) is 18.0 Å². The summed E-state index contributed by atoms with van der Waals surface area (Å²) in [5, 5.41) is 3.33. The van der Waals surface area contributed by atoms with Gasteiger partial charge in [-0.3, -0.25) is 13.9 Å². The molecule has 3 rings (SSSR count). The number of hydrogen-bond acceptors (Lipinski definition) is 4. The van der Waals surface area contributed by atoms with E-state index in [2.05, 4.69) is 5.32 Å². The van der Waals surface area contributed by atoms with E-state index in [0.717, 1.165) is 21.9 Å². The van der Waals surface area contributed by atoms with Crippen molar-refractivity contribution in [3.05, 3.63) is 94.5 Å². The van der Waals surface area contributed by atoms with Gasteiger partial charge in [-0.15, -0.1) is 0 Å². The van der Waals surface area contributed by atoms with Gasteiger partial charge in [0.25, 0.3) is 10.0 Å². The first-order valence-corrected chi connectivity index (χ1v) is 15.3. The minimum Gasteiger partial charge on any atom is -0.352 e. The molecular formula is C31H38ClN3O4S. The van der Waals surface area contributed by atoms with Crippen molar-refractivity contribution >= 4 is 39.1 Å². The van der Waals surface area contributed by atoms with Crippen molar-refractivity contribution in [2.24, 2.45) is 0 Å². The number of nitrogens with zero attached hydrogens (tertiary/aromatic N) is 2. The maximum Gasteiger partial charge on any atom is 0.264 e. The Hall–Kier alpha value is -3.36. The first kappa shape index (κ1) is 31.2. The number of carbonyl (C=O) groups is 2. The average Bonchev–Trinajstić information content (AvgIpc) is 2.94. The molecule has 40 heavy (non-hydrogen) atoms. The van der Waals surface area contributed by atoms with E-state index in [1.165, 1.54) is 17.0 Å². The topological polar surface area (TPSA) is 86.8 Å². The summed E-state index contributed by atoms with van der Waals surface area (Å²) in [6.07, 6.45) is 1.25. The highest BCUT2D eigenvalue weighted by Crippen LogP contribution is 2.31. The molecule has 1 N–H and O–H groups in total. The predicted octanol–water partition coefficient (Wildman–Crippen LogP) is 5.53. The lowest BCUT2D eigenvalue weighted by Gasteiger charge is -2.33. The molecule has 2 unspecified atom stereocenters. The van der Waals surface area contributed by atoms with Crippen LogP contribution in [-0.2, 0) is 26.0 Å². The molecule has 7 nitrogen and oxygen atoms in total. The van der Waals surface area contributed by atoms with Crippen LogP contribution in [0.25, 0.3) is 0 Å². The summed E-state index contributed by atoms with van der Waals surface area (Å²) in [6, 6.07) is 20.2. The molecule has 0 saturated heterocycles. The van der Waals surface area contributed by atoms with Gasteiger partial charge in [-0.25, -0.2) is 8.42 Å². The molecule has 0 aliphatic rings. The summed E-state index contributed by atoms with van der Waals surface area (Å²) in [4.78, 5) is 28.6. The smallest absolute Gasteiger partial charge is 0.264 e. The number of amides is 2. The molecule has 0 bridgehead atoms. The summed E-state index contributed by atoms with van der Waals surface area (Å²) < 4.78 is 29.0. The van der Waals surface area contributed by atoms with Crippen LogP contribution in [0.4, 0.5) is 5.69 Å². The Kier molecular flexibility index (Phi) is 10.8. The SMILES string of the molecule is CCC(C)NC(=O)C(C)N(CCc1ccccc1)C(=O)CN(c1cccc(Cl)c1C)S(=O)(=O)c1ccc(C)cc1. The summed E-state index contributed by atoms with van der Waals surface area (Å²) in [5.74, 6) is -0.777. The third-order valence-corrected chi connectivity index (χ3v) is 9.23. The molecule has 2 amide bonds. The molecule has 3 aromatic carbocycles. The predicted molar refractivity (Wildman–Crippen MR) is 161 cm³/mol. The molecular weight excluding hydrogens is 546 g/mol. The zero-order chi connectivity index (χ0) is 29.4. The second-order valence-electron chi connectivity index (χ2n) is 10.0. The van der Waals surface area contributed by atoms with Crippen LogP contribution < -0.4 is 9.62 Å². The lowest BCUT2D eigenvalue weighted by atomic mass is 10.1. The first-order valence-electron chi connectivity index (χ1n) is 13.4. The Balaban J connectivity index is 2.01. The van der Waals surface area contributed by atoms with E-state index in [1.54, 1.807) is 44.2 Å². The third-order valence-electron chi connectivity index (χ3n) is 7.05. The molecule has 0 aromatic heterocycles. The lowest BCUT2D eigenvalue weighted by molar-refractivity contribution is -0.139. The molecule has 9 heteroatoms. The van der Waals surface area contributed by atoms with E-state index in [4.69, 9.17) is 11.6 Å². The number of carbonyl (C=O) groups excluding carboxylic acids is 2. The van der Waals surface area contributed by atoms with Crippen LogP contribution in [0.1, 0.15) is 43.9 Å². The summed E-state index contributed by atoms with van der Waals surface area (Å²) in [7, 11) is -4.15. The Morgan fingerprint density at radius 2 is 1.57 bits per heavy atom. The van der Waals surface area contributed by atoms with Crippen molar-refractivity contribution in [1.82, 2.24) is 10.2 Å². The number of benzene rings is 3. The molecule has 0 fully saturated rings. The standard InChI is InChI=1S/C31H38ClN3O4S/c1-6-23(3)33-31(37)25(5)34(20-19-26-11-8-7-9-12-26)30(36)21-35(29-14-10-13-28(32)24(29)4)40(38,39)27-17-15-22(2)16-18-27/h7-18,23,25H,6,19-21H2,1-5H3,(H,33,37). The van der Waals surface area contributed by atoms with E-state index in [1.807, 2.05) is 51.1 Å². The average molecular weight is 584 g/mol. The van der Waals surface area contributed by atoms with Gasteiger partial charge < -0.3 is 10.2 Å². The quantitative estimate of drug-likeness (QED) is 0.304. The molecule has 0 saturated carbocycles. The number of anilines is 1. The minimum atomic E-state index is -4.15. The van der Waals surface area contributed by atoms with Crippen LogP contribution >= 0.6 is 11.6 Å². The number of halogens is 1. The summed E-state index contributed by atoms with van der Waals surface area (Å²) in [5.41, 5.74) is 2.76. The molecule has 0 radical (unpaired) electrons. The molecule has 214 valence electrons. The number of hydrogen-bond donors (Lipinski definition) is 1. The van der Waals surface area contributed by atoms with Crippen LogP contribution in [0, 0.1) is 13.8 Å². The number of sulfonamides is 1. The highest BCUT2D eigenvalue weighted by Gasteiger charge is 2.33. The third kappa shape index (κ3) is 7.64. The van der Waals surface area contributed by atoms with E-state index in [-0.39, 0.29) is 23.4 Å². The highest BCUT2D eigenvalue weighted by molar-refractivity contribution is 7.92. The molecule has 0 heterocycles. The maximum absolute atomic E-state index is 14.0. The van der Waals surface area contributed by atoms with Crippen LogP contribution in [0.15, 0.2) is 77.7 Å². The van der Waals surface area contributed by atoms with Gasteiger partial charge in [0, 0.05) is 17.6 Å². The zero-order valence-electron chi connectivity index (χ0n) is 23.7. The van der Waals surface area contributed by atoms with Crippen LogP contribution in [0.2, 0.25) is 5.02 Å². The normalized spacial score (nSPS) is 12.8. The maximum atomic E-state index is 14.0. The van der Waals surface area contributed by atoms with Crippen LogP contribution in [0.3, 0.4) is 0 Å². The van der Waals surface area contributed by atoms with Gasteiger partial charge >= 0.3 is 0 Å². The van der Waals surface area contributed by atoms with Gasteiger partial charge in [-0.2, -0.15) is 0 Å². The van der Waals surface area contributed by atoms with Crippen molar-refractivity contribution in [1.29, 1.82) is 0 Å². The second kappa shape index (κ2) is 13.8. The van der Waals surface area contributed by atoms with Gasteiger partial charge in [0.2, 0.25) is 11.8 Å². The van der Waals surface area contributed by atoms with E-state index < -0.39 is 28.5 Å². The van der Waals surface area contributed by atoms with Crippen molar-refractivity contribution in [3.8, 4) is 0 Å². The minimum absolute atomic E-state index is 0.0590. The van der Waals surface area contributed by atoms with E-state index >= 15 is 0 Å². The fourth-order valence-electron chi connectivity index (χ4n) is 4.25. The van der Waals surface area contributed by atoms with Gasteiger partial charge in [0.1, 0.15) is 12.6 Å². The summed E-state index contributed by atoms with van der Waals surface area (Å²) in [6.45, 7) is 8.88. The number of nitrogens with one attached hydrogen (secondary N) is 1. The second-order valence-corrected chi connectivity index (χ2v) is 12.3. The van der Waals surface area contributed by atoms with Gasteiger partial charge in [0.05, 0.1) is 10.6 Å². The molecule has 0 spiro atoms. The Morgan fingerprint density at radius 3 is 2.20 bits per heavy atom. The highest BCUT2D eigenvalue weighted by atomic mass is 35.5. The fourth-order valence-corrected chi connectivity index (χ4v) is 5.89. The fraction of sp³-hybridized carbons (Fsp3) is 0.355. The Labute approximate surface area is 243 Å². The number of aryl methyl sites for hydroxylation is 1. The van der Waals surface area contributed by atoms with Gasteiger partial charge in [-0.1, -0.05) is 72.6 Å². The van der Waals surface area contributed by atoms with Gasteiger partial charge in [-0.05, 0) is 75.9 Å². The molecule has 0 aliphatic carbocycles. The van der Waals surface area contributed by atoms with Crippen molar-refractivity contribution in [3.63, 3.8) is 0 Å². The molecule has 2 atom stereocenters. The van der Waals surface area contributed by atoms with Crippen molar-refractivity contribution < 1.29 is 18.0 Å². The molecule has 0 aliphatic heterocycles. The Bertz CT molecular complexity index is 1410. The van der Waals surface area contributed by atoms with Crippen LogP contribution in [0.5, 0.6) is 0 Å². The number of rotatable bonds is 12. The molecule has 3 aromatic rings. The van der Waals surface area contributed by atoms with Crippen molar-refractivity contribution in [2.45, 2.75) is 64.4 Å². The van der Waals surface area contributed by atoms with E-state index in [0.29, 0.717) is 22.7 Å². The summed E-state index contributed by atoms with van der Waals surface area (Å²) >= 11 is 6.38. The zero-order valence-corrected chi connectivity index (χ0v) is 25.3. The monoisotopic (exact) mass is 583 g/mol. The van der Waals surface area contributed by atoms with Crippen LogP contribution in [-0.4, -0.2) is 50.3 Å². The largest absolute Gasteiger partial charge is 0.352 e. The first-order chi connectivity index (χ1) is 18.9. The Morgan fingerprint density at radius 1 is 0.925 bits per heavy atom.